The highest BCUT2D eigenvalue weighted by molar-refractivity contribution is 14.0. The van der Waals surface area contributed by atoms with Gasteiger partial charge in [-0.15, -0.1) is 24.0 Å². The lowest BCUT2D eigenvalue weighted by Gasteiger charge is -2.20. The minimum atomic E-state index is -0.655. The number of rotatable bonds is 7. The summed E-state index contributed by atoms with van der Waals surface area (Å²) < 4.78 is 5.20. The van der Waals surface area contributed by atoms with Gasteiger partial charge in [0.15, 0.2) is 5.96 Å². The maximum atomic E-state index is 10.5. The van der Waals surface area contributed by atoms with Crippen molar-refractivity contribution in [2.75, 3.05) is 20.2 Å². The second-order valence-corrected chi connectivity index (χ2v) is 7.96. The van der Waals surface area contributed by atoms with E-state index in [2.05, 4.69) is 48.5 Å². The van der Waals surface area contributed by atoms with Gasteiger partial charge in [-0.25, -0.2) is 4.99 Å². The number of halogens is 1. The Kier molecular flexibility index (Phi) is 10.4. The Bertz CT molecular complexity index is 817. The normalized spacial score (nSPS) is 12.7. The highest BCUT2D eigenvalue weighted by Crippen LogP contribution is 2.24. The molecule has 0 amide bonds. The molecule has 30 heavy (non-hydrogen) atoms. The van der Waals surface area contributed by atoms with Crippen molar-refractivity contribution < 1.29 is 14.9 Å². The molecule has 2 aromatic carbocycles. The fraction of sp³-hybridized carbons (Fsp3) is 0.435. The predicted octanol–water partition coefficient (Wildman–Crippen LogP) is 4.11. The number of ether oxygens (including phenoxy) is 1. The highest BCUT2D eigenvalue weighted by Gasteiger charge is 2.15. The van der Waals surface area contributed by atoms with Crippen LogP contribution in [-0.2, 0) is 12.0 Å². The van der Waals surface area contributed by atoms with Gasteiger partial charge in [0.2, 0.25) is 0 Å². The summed E-state index contributed by atoms with van der Waals surface area (Å²) in [5, 5.41) is 26.9. The van der Waals surface area contributed by atoms with Gasteiger partial charge in [-0.1, -0.05) is 45.0 Å². The van der Waals surface area contributed by atoms with Gasteiger partial charge >= 0.3 is 0 Å². The Morgan fingerprint density at radius 1 is 1.10 bits per heavy atom. The zero-order valence-corrected chi connectivity index (χ0v) is 20.7. The number of benzene rings is 2. The molecule has 0 bridgehead atoms. The molecule has 0 aliphatic heterocycles. The van der Waals surface area contributed by atoms with Gasteiger partial charge in [0.25, 0.3) is 0 Å². The van der Waals surface area contributed by atoms with E-state index >= 15 is 0 Å². The Hall–Kier alpha value is -2.00. The molecule has 0 aromatic heterocycles. The van der Waals surface area contributed by atoms with E-state index in [0.717, 1.165) is 5.56 Å². The number of phenolic OH excluding ortho intramolecular Hbond substituents is 1. The first kappa shape index (κ1) is 26.0. The standard InChI is InChI=1S/C23H33N3O3.HI/c1-6-24-22(25-14-17-13-19(29-5)11-12-20(17)27)26-15-21(28)16-7-9-18(10-8-16)23(2,3)4;/h7-13,21,27-28H,6,14-15H2,1-5H3,(H2,24,25,26);1H. The van der Waals surface area contributed by atoms with Gasteiger partial charge in [-0.2, -0.15) is 0 Å². The number of aromatic hydroxyl groups is 1. The lowest BCUT2D eigenvalue weighted by Crippen LogP contribution is -2.39. The first-order chi connectivity index (χ1) is 13.7. The Morgan fingerprint density at radius 2 is 1.77 bits per heavy atom. The number of methoxy groups -OCH3 is 1. The van der Waals surface area contributed by atoms with Crippen LogP contribution in [0.2, 0.25) is 0 Å². The Balaban J connectivity index is 0.00000450. The van der Waals surface area contributed by atoms with Gasteiger partial charge in [0.1, 0.15) is 11.5 Å². The molecule has 4 N–H and O–H groups in total. The lowest BCUT2D eigenvalue weighted by molar-refractivity contribution is 0.181. The molecule has 0 aliphatic carbocycles. The molecular weight excluding hydrogens is 493 g/mol. The van der Waals surface area contributed by atoms with Gasteiger partial charge in [0.05, 0.1) is 19.8 Å². The molecule has 7 heteroatoms. The third-order valence-electron chi connectivity index (χ3n) is 4.66. The molecular formula is C23H34IN3O3. The number of hydrogen-bond acceptors (Lipinski definition) is 4. The van der Waals surface area contributed by atoms with Crippen LogP contribution in [0.3, 0.4) is 0 Å². The average molecular weight is 527 g/mol. The van der Waals surface area contributed by atoms with Gasteiger partial charge in [-0.05, 0) is 41.7 Å². The lowest BCUT2D eigenvalue weighted by atomic mass is 9.86. The quantitative estimate of drug-likeness (QED) is 0.248. The first-order valence-corrected chi connectivity index (χ1v) is 9.91. The van der Waals surface area contributed by atoms with Crippen molar-refractivity contribution in [3.05, 3.63) is 59.2 Å². The number of phenols is 1. The second kappa shape index (κ2) is 12.0. The number of nitrogens with zero attached hydrogens (tertiary/aromatic N) is 1. The van der Waals surface area contributed by atoms with Gasteiger partial charge in [0, 0.05) is 18.7 Å². The topological polar surface area (TPSA) is 86.1 Å². The molecule has 2 rings (SSSR count). The van der Waals surface area contributed by atoms with E-state index in [-0.39, 0.29) is 41.7 Å². The van der Waals surface area contributed by atoms with E-state index in [1.54, 1.807) is 25.3 Å². The molecule has 6 nitrogen and oxygen atoms in total. The Labute approximate surface area is 196 Å². The van der Waals surface area contributed by atoms with E-state index in [1.165, 1.54) is 5.56 Å². The van der Waals surface area contributed by atoms with E-state index in [1.807, 2.05) is 19.1 Å². The molecule has 1 atom stereocenters. The van der Waals surface area contributed by atoms with Crippen LogP contribution in [0.5, 0.6) is 11.5 Å². The molecule has 166 valence electrons. The maximum Gasteiger partial charge on any atom is 0.191 e. The summed E-state index contributed by atoms with van der Waals surface area (Å²) in [5.41, 5.74) is 2.83. The predicted molar refractivity (Wildman–Crippen MR) is 133 cm³/mol. The molecule has 0 fully saturated rings. The summed E-state index contributed by atoms with van der Waals surface area (Å²) in [6, 6.07) is 13.1. The van der Waals surface area contributed by atoms with Crippen LogP contribution >= 0.6 is 24.0 Å². The van der Waals surface area contributed by atoms with E-state index in [0.29, 0.717) is 30.4 Å². The average Bonchev–Trinajstić information content (AvgIpc) is 2.70. The molecule has 0 radical (unpaired) electrons. The Morgan fingerprint density at radius 3 is 2.33 bits per heavy atom. The van der Waals surface area contributed by atoms with Crippen molar-refractivity contribution in [2.45, 2.75) is 45.8 Å². The molecule has 0 spiro atoms. The molecule has 0 saturated heterocycles. The first-order valence-electron chi connectivity index (χ1n) is 9.91. The van der Waals surface area contributed by atoms with Crippen LogP contribution in [0, 0.1) is 0 Å². The van der Waals surface area contributed by atoms with Crippen molar-refractivity contribution in [1.29, 1.82) is 0 Å². The fourth-order valence-corrected chi connectivity index (χ4v) is 2.84. The third-order valence-corrected chi connectivity index (χ3v) is 4.66. The molecule has 0 heterocycles. The van der Waals surface area contributed by atoms with Crippen LogP contribution in [0.25, 0.3) is 0 Å². The minimum Gasteiger partial charge on any atom is -0.508 e. The van der Waals surface area contributed by atoms with Crippen LogP contribution in [-0.4, -0.2) is 36.4 Å². The van der Waals surface area contributed by atoms with Crippen LogP contribution in [0.4, 0.5) is 0 Å². The van der Waals surface area contributed by atoms with Crippen molar-refractivity contribution in [1.82, 2.24) is 10.6 Å². The third kappa shape index (κ3) is 7.68. The van der Waals surface area contributed by atoms with Gasteiger partial charge in [-0.3, -0.25) is 0 Å². The summed E-state index contributed by atoms with van der Waals surface area (Å²) >= 11 is 0. The maximum absolute atomic E-state index is 10.5. The molecule has 2 aromatic rings. The van der Waals surface area contributed by atoms with E-state index < -0.39 is 6.10 Å². The summed E-state index contributed by atoms with van der Waals surface area (Å²) in [7, 11) is 1.58. The van der Waals surface area contributed by atoms with Crippen molar-refractivity contribution in [2.24, 2.45) is 4.99 Å². The largest absolute Gasteiger partial charge is 0.508 e. The number of hydrogen-bond donors (Lipinski definition) is 4. The fourth-order valence-electron chi connectivity index (χ4n) is 2.84. The number of aliphatic hydroxyl groups is 1. The minimum absolute atomic E-state index is 0. The summed E-state index contributed by atoms with van der Waals surface area (Å²) in [4.78, 5) is 4.50. The van der Waals surface area contributed by atoms with Crippen LogP contribution < -0.4 is 15.4 Å². The zero-order chi connectivity index (χ0) is 21.4. The summed E-state index contributed by atoms with van der Waals surface area (Å²) in [6.07, 6.45) is -0.655. The smallest absolute Gasteiger partial charge is 0.191 e. The number of guanidine groups is 1. The second-order valence-electron chi connectivity index (χ2n) is 7.96. The van der Waals surface area contributed by atoms with Crippen LogP contribution in [0.1, 0.15) is 50.5 Å². The summed E-state index contributed by atoms with van der Waals surface area (Å²) in [6.45, 7) is 9.77. The summed E-state index contributed by atoms with van der Waals surface area (Å²) in [5.74, 6) is 1.41. The zero-order valence-electron chi connectivity index (χ0n) is 18.4. The van der Waals surface area contributed by atoms with E-state index in [4.69, 9.17) is 4.74 Å². The monoisotopic (exact) mass is 527 g/mol. The number of aliphatic hydroxyl groups excluding tert-OH is 1. The van der Waals surface area contributed by atoms with Gasteiger partial charge < -0.3 is 25.6 Å². The number of aliphatic imine (C=N–C) groups is 1. The van der Waals surface area contributed by atoms with Crippen molar-refractivity contribution >= 4 is 29.9 Å². The van der Waals surface area contributed by atoms with Crippen molar-refractivity contribution in [3.8, 4) is 11.5 Å². The highest BCUT2D eigenvalue weighted by atomic mass is 127. The van der Waals surface area contributed by atoms with Crippen molar-refractivity contribution in [3.63, 3.8) is 0 Å². The van der Waals surface area contributed by atoms with E-state index in [9.17, 15) is 10.2 Å². The molecule has 0 aliphatic rings. The SMILES string of the molecule is CCNC(=NCc1cc(OC)ccc1O)NCC(O)c1ccc(C(C)(C)C)cc1.I. The number of nitrogens with one attached hydrogen (secondary N) is 2. The molecule has 1 unspecified atom stereocenters. The van der Waals surface area contributed by atoms with Crippen LogP contribution in [0.15, 0.2) is 47.5 Å². The molecule has 0 saturated carbocycles.